The number of rotatable bonds is 6. The van der Waals surface area contributed by atoms with E-state index < -0.39 is 100 Å². The molecule has 0 unspecified atom stereocenters. The molecule has 2 saturated carbocycles. The summed E-state index contributed by atoms with van der Waals surface area (Å²) >= 11 is 0. The number of esters is 4. The second kappa shape index (κ2) is 10.9. The summed E-state index contributed by atoms with van der Waals surface area (Å²) in [5.41, 5.74) is -4.72. The van der Waals surface area contributed by atoms with Crippen LogP contribution in [-0.4, -0.2) is 82.4 Å². The van der Waals surface area contributed by atoms with Crippen LogP contribution in [0.4, 0.5) is 0 Å². The minimum Gasteiger partial charge on any atom is -0.472 e. The van der Waals surface area contributed by atoms with Crippen molar-refractivity contribution in [1.29, 1.82) is 0 Å². The lowest BCUT2D eigenvalue weighted by Crippen LogP contribution is -2.69. The van der Waals surface area contributed by atoms with Crippen LogP contribution in [0.1, 0.15) is 78.7 Å². The zero-order valence-electron chi connectivity index (χ0n) is 27.1. The van der Waals surface area contributed by atoms with Crippen LogP contribution in [0.5, 0.6) is 0 Å². The fourth-order valence-corrected chi connectivity index (χ4v) is 9.61. The molecule has 2 aliphatic carbocycles. The largest absolute Gasteiger partial charge is 0.472 e. The predicted octanol–water partition coefficient (Wildman–Crippen LogP) is 2.98. The van der Waals surface area contributed by atoms with Crippen molar-refractivity contribution in [2.24, 2.45) is 28.6 Å². The van der Waals surface area contributed by atoms with Gasteiger partial charge in [0.2, 0.25) is 0 Å². The van der Waals surface area contributed by atoms with Gasteiger partial charge in [-0.2, -0.15) is 0 Å². The van der Waals surface area contributed by atoms with Crippen LogP contribution >= 0.6 is 0 Å². The third-order valence-electron chi connectivity index (χ3n) is 12.2. The van der Waals surface area contributed by atoms with Gasteiger partial charge in [0.25, 0.3) is 0 Å². The molecule has 3 saturated heterocycles. The van der Waals surface area contributed by atoms with Gasteiger partial charge in [-0.15, -0.1) is 0 Å². The Balaban J connectivity index is 1.57. The Hall–Kier alpha value is -3.22. The highest BCUT2D eigenvalue weighted by atomic mass is 16.6. The number of carbonyl (C=O) groups excluding carboxylic acids is 4. The van der Waals surface area contributed by atoms with E-state index >= 15 is 0 Å². The molecule has 12 nitrogen and oxygen atoms in total. The average molecular weight is 645 g/mol. The molecular formula is C34H44O12. The van der Waals surface area contributed by atoms with Crippen LogP contribution in [-0.2, 0) is 42.9 Å². The minimum absolute atomic E-state index is 0.0888. The van der Waals surface area contributed by atoms with Crippen molar-refractivity contribution >= 4 is 23.9 Å². The summed E-state index contributed by atoms with van der Waals surface area (Å²) < 4.78 is 35.6. The summed E-state index contributed by atoms with van der Waals surface area (Å²) in [6.07, 6.45) is -2.16. The van der Waals surface area contributed by atoms with Crippen LogP contribution in [0, 0.1) is 28.6 Å². The quantitative estimate of drug-likeness (QED) is 0.264. The Kier molecular flexibility index (Phi) is 7.76. The first-order valence-corrected chi connectivity index (χ1v) is 16.1. The lowest BCUT2D eigenvalue weighted by atomic mass is 9.48. The molecule has 46 heavy (non-hydrogen) atoms. The molecule has 3 aliphatic heterocycles. The highest BCUT2D eigenvalue weighted by Gasteiger charge is 2.80. The van der Waals surface area contributed by atoms with Crippen LogP contribution in [0.3, 0.4) is 0 Å². The van der Waals surface area contributed by atoms with Gasteiger partial charge in [-0.25, -0.2) is 4.79 Å². The molecule has 12 heteroatoms. The maximum absolute atomic E-state index is 13.7. The van der Waals surface area contributed by atoms with Gasteiger partial charge in [0, 0.05) is 30.1 Å². The lowest BCUT2D eigenvalue weighted by Gasteiger charge is -2.59. The maximum Gasteiger partial charge on any atom is 0.335 e. The number of aliphatic hydroxyl groups excluding tert-OH is 1. The van der Waals surface area contributed by atoms with Gasteiger partial charge in [0.05, 0.1) is 36.9 Å². The van der Waals surface area contributed by atoms with Crippen molar-refractivity contribution < 1.29 is 57.5 Å². The smallest absolute Gasteiger partial charge is 0.335 e. The van der Waals surface area contributed by atoms with Crippen molar-refractivity contribution in [3.05, 3.63) is 36.3 Å². The van der Waals surface area contributed by atoms with E-state index in [0.29, 0.717) is 12.0 Å². The number of carbonyl (C=O) groups is 4. The summed E-state index contributed by atoms with van der Waals surface area (Å²) in [7, 11) is 0. The summed E-state index contributed by atoms with van der Waals surface area (Å²) in [6, 6.07) is 1.74. The van der Waals surface area contributed by atoms with Gasteiger partial charge in [-0.05, 0) is 36.5 Å². The molecule has 2 N–H and O–H groups in total. The molecule has 5 fully saturated rings. The number of aliphatic hydroxyl groups is 2. The molecular weight excluding hydrogens is 600 g/mol. The third-order valence-corrected chi connectivity index (χ3v) is 12.2. The highest BCUT2D eigenvalue weighted by molar-refractivity contribution is 5.76. The normalized spacial score (nSPS) is 44.3. The van der Waals surface area contributed by atoms with E-state index in [1.165, 1.54) is 19.5 Å². The summed E-state index contributed by atoms with van der Waals surface area (Å²) in [5, 5.41) is 24.1. The number of fused-ring (bicyclic) bond motifs is 6. The molecule has 6 rings (SSSR count). The Labute approximate surface area is 267 Å². The summed E-state index contributed by atoms with van der Waals surface area (Å²) in [4.78, 5) is 52.3. The first-order chi connectivity index (χ1) is 21.5. The second-order valence-electron chi connectivity index (χ2n) is 14.5. The topological polar surface area (TPSA) is 168 Å². The number of ether oxygens (including phenoxy) is 5. The van der Waals surface area contributed by atoms with Crippen molar-refractivity contribution in [2.75, 3.05) is 6.61 Å². The molecule has 13 atom stereocenters. The van der Waals surface area contributed by atoms with E-state index in [2.05, 4.69) is 6.58 Å². The van der Waals surface area contributed by atoms with Gasteiger partial charge < -0.3 is 38.3 Å². The number of hydrogen-bond acceptors (Lipinski definition) is 12. The number of hydrogen-bond donors (Lipinski definition) is 2. The van der Waals surface area contributed by atoms with Crippen molar-refractivity contribution in [3.63, 3.8) is 0 Å². The molecule has 0 aromatic carbocycles. The molecule has 0 radical (unpaired) electrons. The van der Waals surface area contributed by atoms with E-state index in [-0.39, 0.29) is 31.4 Å². The van der Waals surface area contributed by atoms with Gasteiger partial charge in [0.1, 0.15) is 36.1 Å². The number of furan rings is 1. The van der Waals surface area contributed by atoms with Gasteiger partial charge in [-0.1, -0.05) is 40.7 Å². The molecule has 5 aliphatic rings. The second-order valence-corrected chi connectivity index (χ2v) is 14.5. The zero-order valence-corrected chi connectivity index (χ0v) is 27.1. The molecule has 0 amide bonds. The molecule has 1 aromatic heterocycles. The van der Waals surface area contributed by atoms with Crippen molar-refractivity contribution in [1.82, 2.24) is 0 Å². The van der Waals surface area contributed by atoms with Crippen molar-refractivity contribution in [2.45, 2.75) is 115 Å². The SMILES string of the molecule is C=C1[C@@H]2[C@@H](O[C@H]3CC(=O)O[C@]4(C)COC(=O)C[C@@H]4[C@]32C)[C@H](OC(=O)[C@H](O)[C@H](C)CC)[C@@]2(C)[C@H](c3ccoc3)C[C@@H](OC(C)=O)[C@]12O. The fraction of sp³-hybridized carbons (Fsp3) is 0.706. The Morgan fingerprint density at radius 3 is 2.50 bits per heavy atom. The van der Waals surface area contributed by atoms with Crippen molar-refractivity contribution in [3.8, 4) is 0 Å². The molecule has 252 valence electrons. The van der Waals surface area contributed by atoms with Crippen LogP contribution in [0.2, 0.25) is 0 Å². The first kappa shape index (κ1) is 32.7. The van der Waals surface area contributed by atoms with Crippen LogP contribution < -0.4 is 0 Å². The minimum atomic E-state index is -1.99. The molecule has 0 bridgehead atoms. The van der Waals surface area contributed by atoms with E-state index in [9.17, 15) is 29.4 Å². The maximum atomic E-state index is 13.7. The Morgan fingerprint density at radius 1 is 1.15 bits per heavy atom. The van der Waals surface area contributed by atoms with Crippen LogP contribution in [0.25, 0.3) is 0 Å². The Bertz CT molecular complexity index is 1440. The van der Waals surface area contributed by atoms with Gasteiger partial charge in [0.15, 0.2) is 6.10 Å². The zero-order chi connectivity index (χ0) is 33.6. The molecule has 4 heterocycles. The molecule has 0 spiro atoms. The fourth-order valence-electron chi connectivity index (χ4n) is 9.61. The van der Waals surface area contributed by atoms with Gasteiger partial charge in [-0.3, -0.25) is 14.4 Å². The molecule has 1 aromatic rings. The van der Waals surface area contributed by atoms with E-state index in [1.807, 2.05) is 13.8 Å². The van der Waals surface area contributed by atoms with E-state index in [4.69, 9.17) is 28.1 Å². The van der Waals surface area contributed by atoms with Gasteiger partial charge >= 0.3 is 23.9 Å². The monoisotopic (exact) mass is 644 g/mol. The Morgan fingerprint density at radius 2 is 1.87 bits per heavy atom. The first-order valence-electron chi connectivity index (χ1n) is 16.1. The van der Waals surface area contributed by atoms with Crippen LogP contribution in [0.15, 0.2) is 35.2 Å². The summed E-state index contributed by atoms with van der Waals surface area (Å²) in [6.45, 7) is 14.5. The van der Waals surface area contributed by atoms with E-state index in [0.717, 1.165) is 0 Å². The van der Waals surface area contributed by atoms with E-state index in [1.54, 1.807) is 26.8 Å². The number of cyclic esters (lactones) is 1. The highest BCUT2D eigenvalue weighted by Crippen LogP contribution is 2.72. The average Bonchev–Trinajstić information content (AvgIpc) is 3.66. The summed E-state index contributed by atoms with van der Waals surface area (Å²) in [5.74, 6) is -4.95. The predicted molar refractivity (Wildman–Crippen MR) is 158 cm³/mol. The lowest BCUT2D eigenvalue weighted by molar-refractivity contribution is -0.229. The standard InChI is InChI=1S/C34H44O12/c1-8-16(2)27(38)30(39)45-29-28-26(32(6)21-12-24(36)42-15-31(21,5)46-25(37)13-22(32)44-28)17(3)34(40)23(43-18(4)35)11-20(33(29,34)7)19-9-10-41-14-19/h9-10,14,16,20-23,26-29,38,40H,3,8,11-13,15H2,1-2,4-7H3/t16-,20+,21+,22+,23-,26-,27-,28-,29+,31-,32-,33-,34-/m1/s1. The third kappa shape index (κ3) is 4.35.